The number of hydrogen-bond donors (Lipinski definition) is 4. The Morgan fingerprint density at radius 1 is 1.31 bits per heavy atom. The lowest BCUT2D eigenvalue weighted by Crippen LogP contribution is -2.50. The van der Waals surface area contributed by atoms with Crippen molar-refractivity contribution >= 4 is 12.0 Å². The molecular weight excluding hydrogens is 326 g/mol. The zero-order chi connectivity index (χ0) is 18.6. The van der Waals surface area contributed by atoms with E-state index in [1.165, 1.54) is 19.5 Å². The largest absolute Gasteiger partial charge is 0.369 e. The summed E-state index contributed by atoms with van der Waals surface area (Å²) in [5.74, 6) is -0.702. The number of likely N-dealkylation sites (N-methyl/N-ethyl adjacent to an activating group) is 1. The van der Waals surface area contributed by atoms with Gasteiger partial charge in [0, 0.05) is 31.2 Å². The summed E-state index contributed by atoms with van der Waals surface area (Å²) in [7, 11) is 0. The standard InChI is InChI=1S/C19H31N7/c1-3-26(4-2)17-11-13-25(14-17)12-5-6-15-7-9-16(10-8-15)19(21)22-18(20)23-24-19/h5-10,17,24H,3-4,11-14,21H2,1-2H3,(H3,20,22,23). The Bertz CT molecular complexity index is 650. The van der Waals surface area contributed by atoms with Gasteiger partial charge in [-0.1, -0.05) is 50.3 Å². The normalized spacial score (nSPS) is 26.6. The van der Waals surface area contributed by atoms with E-state index >= 15 is 0 Å². The molecule has 3 rings (SSSR count). The third-order valence-corrected chi connectivity index (χ3v) is 5.28. The van der Waals surface area contributed by atoms with Crippen LogP contribution in [0.15, 0.2) is 35.3 Å². The third kappa shape index (κ3) is 4.24. The van der Waals surface area contributed by atoms with Crippen molar-refractivity contribution < 1.29 is 0 Å². The predicted octanol–water partition coefficient (Wildman–Crippen LogP) is 0.607. The van der Waals surface area contributed by atoms with Gasteiger partial charge >= 0.3 is 0 Å². The van der Waals surface area contributed by atoms with Crippen LogP contribution in [0.1, 0.15) is 31.4 Å². The molecule has 26 heavy (non-hydrogen) atoms. The Hall–Kier alpha value is -1.93. The zero-order valence-electron chi connectivity index (χ0n) is 15.8. The number of guanidine groups is 1. The van der Waals surface area contributed by atoms with Gasteiger partial charge in [-0.05, 0) is 25.1 Å². The number of aliphatic imine (C=N–C) groups is 1. The van der Waals surface area contributed by atoms with Gasteiger partial charge < -0.3 is 5.73 Å². The maximum Gasteiger partial charge on any atom is 0.209 e. The fourth-order valence-electron chi connectivity index (χ4n) is 3.74. The summed E-state index contributed by atoms with van der Waals surface area (Å²) in [4.78, 5) is 9.28. The number of benzene rings is 1. The second-order valence-corrected chi connectivity index (χ2v) is 6.96. The Morgan fingerprint density at radius 2 is 2.04 bits per heavy atom. The van der Waals surface area contributed by atoms with Crippen molar-refractivity contribution in [2.75, 3.05) is 32.7 Å². The maximum atomic E-state index is 6.19. The van der Waals surface area contributed by atoms with E-state index in [1.54, 1.807) is 0 Å². The van der Waals surface area contributed by atoms with Crippen molar-refractivity contribution in [2.24, 2.45) is 16.5 Å². The highest BCUT2D eigenvalue weighted by Crippen LogP contribution is 2.20. The van der Waals surface area contributed by atoms with E-state index in [9.17, 15) is 0 Å². The van der Waals surface area contributed by atoms with Gasteiger partial charge in [-0.15, -0.1) is 0 Å². The van der Waals surface area contributed by atoms with E-state index in [-0.39, 0.29) is 0 Å². The molecule has 2 heterocycles. The minimum absolute atomic E-state index is 0.296. The van der Waals surface area contributed by atoms with Crippen LogP contribution in [0.25, 0.3) is 6.08 Å². The summed E-state index contributed by atoms with van der Waals surface area (Å²) in [6, 6.07) is 8.76. The van der Waals surface area contributed by atoms with E-state index in [0.29, 0.717) is 12.0 Å². The van der Waals surface area contributed by atoms with Crippen LogP contribution in [-0.4, -0.2) is 54.5 Å². The quantitative estimate of drug-likeness (QED) is 0.571. The molecule has 1 saturated heterocycles. The third-order valence-electron chi connectivity index (χ3n) is 5.28. The average molecular weight is 358 g/mol. The summed E-state index contributed by atoms with van der Waals surface area (Å²) in [5, 5.41) is 0. The van der Waals surface area contributed by atoms with E-state index in [2.05, 4.69) is 63.8 Å². The second-order valence-electron chi connectivity index (χ2n) is 6.96. The van der Waals surface area contributed by atoms with Crippen LogP contribution in [0.3, 0.4) is 0 Å². The highest BCUT2D eigenvalue weighted by Gasteiger charge is 2.31. The maximum absolute atomic E-state index is 6.19. The molecule has 0 aromatic heterocycles. The van der Waals surface area contributed by atoms with Gasteiger partial charge in [-0.3, -0.25) is 21.0 Å². The van der Waals surface area contributed by atoms with Crippen LogP contribution in [-0.2, 0) is 5.79 Å². The van der Waals surface area contributed by atoms with Crippen LogP contribution in [0, 0.1) is 0 Å². The molecule has 142 valence electrons. The average Bonchev–Trinajstić information content (AvgIpc) is 3.24. The van der Waals surface area contributed by atoms with E-state index in [4.69, 9.17) is 11.5 Å². The first kappa shape index (κ1) is 18.8. The molecule has 1 aromatic rings. The van der Waals surface area contributed by atoms with E-state index in [0.717, 1.165) is 30.8 Å². The van der Waals surface area contributed by atoms with Crippen LogP contribution in [0.5, 0.6) is 0 Å². The summed E-state index contributed by atoms with van der Waals surface area (Å²) in [5.41, 5.74) is 19.5. The van der Waals surface area contributed by atoms with E-state index < -0.39 is 5.79 Å². The molecule has 0 spiro atoms. The summed E-state index contributed by atoms with van der Waals surface area (Å²) < 4.78 is 0. The lowest BCUT2D eigenvalue weighted by molar-refractivity contribution is 0.215. The molecule has 0 saturated carbocycles. The molecule has 0 radical (unpaired) electrons. The first-order valence-corrected chi connectivity index (χ1v) is 9.45. The summed E-state index contributed by atoms with van der Waals surface area (Å²) >= 11 is 0. The molecule has 0 aliphatic carbocycles. The molecule has 0 amide bonds. The van der Waals surface area contributed by atoms with Crippen molar-refractivity contribution in [2.45, 2.75) is 32.1 Å². The van der Waals surface area contributed by atoms with E-state index in [1.807, 2.05) is 12.1 Å². The first-order valence-electron chi connectivity index (χ1n) is 9.45. The Morgan fingerprint density at radius 3 is 2.65 bits per heavy atom. The van der Waals surface area contributed by atoms with Crippen molar-refractivity contribution in [3.05, 3.63) is 41.5 Å². The number of nitrogens with one attached hydrogen (secondary N) is 2. The Kier molecular flexibility index (Phi) is 5.93. The predicted molar refractivity (Wildman–Crippen MR) is 107 cm³/mol. The van der Waals surface area contributed by atoms with Crippen LogP contribution < -0.4 is 22.3 Å². The van der Waals surface area contributed by atoms with Crippen LogP contribution >= 0.6 is 0 Å². The Balaban J connectivity index is 1.52. The molecule has 7 heteroatoms. The zero-order valence-corrected chi connectivity index (χ0v) is 15.8. The second kappa shape index (κ2) is 8.18. The van der Waals surface area contributed by atoms with Crippen LogP contribution in [0.4, 0.5) is 0 Å². The number of nitrogens with zero attached hydrogens (tertiary/aromatic N) is 3. The lowest BCUT2D eigenvalue weighted by Gasteiger charge is -2.26. The van der Waals surface area contributed by atoms with Crippen molar-refractivity contribution in [1.82, 2.24) is 20.7 Å². The number of rotatable bonds is 7. The fourth-order valence-corrected chi connectivity index (χ4v) is 3.74. The van der Waals surface area contributed by atoms with Gasteiger partial charge in [-0.2, -0.15) is 5.43 Å². The topological polar surface area (TPSA) is 94.9 Å². The molecule has 2 aliphatic heterocycles. The van der Waals surface area contributed by atoms with Gasteiger partial charge in [0.2, 0.25) is 11.7 Å². The van der Waals surface area contributed by atoms with Crippen molar-refractivity contribution in [3.63, 3.8) is 0 Å². The van der Waals surface area contributed by atoms with Gasteiger partial charge in [0.25, 0.3) is 0 Å². The highest BCUT2D eigenvalue weighted by molar-refractivity contribution is 5.79. The number of nitrogens with two attached hydrogens (primary N) is 2. The lowest BCUT2D eigenvalue weighted by atomic mass is 10.1. The first-order chi connectivity index (χ1) is 12.5. The molecule has 1 fully saturated rings. The SMILES string of the molecule is CCN(CC)C1CCN(CC=Cc2ccc(C3(N)N=C(N)NN3)cc2)C1. The van der Waals surface area contributed by atoms with Crippen molar-refractivity contribution in [1.29, 1.82) is 0 Å². The Labute approximate surface area is 156 Å². The monoisotopic (exact) mass is 357 g/mol. The number of hydrogen-bond acceptors (Lipinski definition) is 7. The molecule has 2 aliphatic rings. The molecule has 6 N–H and O–H groups in total. The number of likely N-dealkylation sites (tertiary alicyclic amines) is 1. The molecule has 0 bridgehead atoms. The number of hydrazine groups is 1. The molecule has 2 atom stereocenters. The minimum atomic E-state index is -0.999. The smallest absolute Gasteiger partial charge is 0.209 e. The minimum Gasteiger partial charge on any atom is -0.369 e. The highest BCUT2D eigenvalue weighted by atomic mass is 15.6. The van der Waals surface area contributed by atoms with Gasteiger partial charge in [0.15, 0.2) is 0 Å². The van der Waals surface area contributed by atoms with Gasteiger partial charge in [-0.25, -0.2) is 4.99 Å². The van der Waals surface area contributed by atoms with Gasteiger partial charge in [0.05, 0.1) is 0 Å². The molecular formula is C19H31N7. The molecule has 1 aromatic carbocycles. The molecule has 7 nitrogen and oxygen atoms in total. The van der Waals surface area contributed by atoms with Crippen LogP contribution in [0.2, 0.25) is 0 Å². The molecule has 2 unspecified atom stereocenters. The van der Waals surface area contributed by atoms with Gasteiger partial charge in [0.1, 0.15) is 0 Å². The summed E-state index contributed by atoms with van der Waals surface area (Å²) in [6.07, 6.45) is 5.67. The summed E-state index contributed by atoms with van der Waals surface area (Å²) in [6.45, 7) is 10.1. The fraction of sp³-hybridized carbons (Fsp3) is 0.526. The van der Waals surface area contributed by atoms with Crippen molar-refractivity contribution in [3.8, 4) is 0 Å².